The van der Waals surface area contributed by atoms with Gasteiger partial charge in [-0.2, -0.15) is 0 Å². The predicted molar refractivity (Wildman–Crippen MR) is 169 cm³/mol. The summed E-state index contributed by atoms with van der Waals surface area (Å²) < 4.78 is 0. The highest BCUT2D eigenvalue weighted by Gasteiger charge is 2.19. The summed E-state index contributed by atoms with van der Waals surface area (Å²) in [6.07, 6.45) is 16.3. The fourth-order valence-electron chi connectivity index (χ4n) is 4.88. The van der Waals surface area contributed by atoms with Crippen LogP contribution in [0.3, 0.4) is 0 Å². The monoisotopic (exact) mass is 531 g/mol. The van der Waals surface area contributed by atoms with Gasteiger partial charge in [0.25, 0.3) is 0 Å². The number of hydrogen-bond donors (Lipinski definition) is 1. The van der Waals surface area contributed by atoms with E-state index >= 15 is 0 Å². The molecule has 1 saturated carbocycles. The van der Waals surface area contributed by atoms with Crippen molar-refractivity contribution in [3.8, 4) is 12.8 Å². The first-order valence-electron chi connectivity index (χ1n) is 13.9. The Balaban J connectivity index is 0.000000216. The van der Waals surface area contributed by atoms with E-state index in [2.05, 4.69) is 81.0 Å². The molecular weight excluding hydrogens is 486 g/mol. The number of benzene rings is 3. The SMILES string of the molecule is C#C.CCC(C)C.CN1CC(=N)N(C)c2ccc(Cl)cc2C1.c1ccc2c(C3CCCCC3)cccc2c1. The van der Waals surface area contributed by atoms with E-state index in [1.54, 1.807) is 5.56 Å². The van der Waals surface area contributed by atoms with Gasteiger partial charge in [0, 0.05) is 24.3 Å². The van der Waals surface area contributed by atoms with E-state index in [9.17, 15) is 0 Å². The summed E-state index contributed by atoms with van der Waals surface area (Å²) in [4.78, 5) is 4.02. The van der Waals surface area contributed by atoms with Gasteiger partial charge in [0.2, 0.25) is 0 Å². The van der Waals surface area contributed by atoms with Crippen LogP contribution in [0.2, 0.25) is 5.02 Å². The van der Waals surface area contributed by atoms with E-state index in [-0.39, 0.29) is 0 Å². The van der Waals surface area contributed by atoms with Gasteiger partial charge in [0.15, 0.2) is 0 Å². The van der Waals surface area contributed by atoms with Crippen molar-refractivity contribution in [1.29, 1.82) is 5.41 Å². The Morgan fingerprint density at radius 3 is 2.21 bits per heavy atom. The summed E-state index contributed by atoms with van der Waals surface area (Å²) in [6.45, 7) is 8.15. The van der Waals surface area contributed by atoms with Crippen molar-refractivity contribution >= 4 is 33.9 Å². The van der Waals surface area contributed by atoms with E-state index in [1.165, 1.54) is 54.9 Å². The fourth-order valence-corrected chi connectivity index (χ4v) is 5.08. The molecule has 3 nitrogen and oxygen atoms in total. The lowest BCUT2D eigenvalue weighted by Gasteiger charge is -2.23. The zero-order valence-corrected chi connectivity index (χ0v) is 24.8. The largest absolute Gasteiger partial charge is 0.332 e. The van der Waals surface area contributed by atoms with Crippen molar-refractivity contribution in [2.45, 2.75) is 71.8 Å². The number of halogens is 1. The van der Waals surface area contributed by atoms with E-state index in [0.717, 1.165) is 29.1 Å². The average molecular weight is 532 g/mol. The maximum atomic E-state index is 7.90. The third-order valence-corrected chi connectivity index (χ3v) is 7.59. The van der Waals surface area contributed by atoms with Gasteiger partial charge in [-0.05, 0) is 71.8 Å². The molecule has 1 aliphatic carbocycles. The third kappa shape index (κ3) is 9.19. The predicted octanol–water partition coefficient (Wildman–Crippen LogP) is 9.39. The highest BCUT2D eigenvalue weighted by atomic mass is 35.5. The Morgan fingerprint density at radius 1 is 0.921 bits per heavy atom. The summed E-state index contributed by atoms with van der Waals surface area (Å²) >= 11 is 5.97. The molecule has 3 aromatic carbocycles. The minimum atomic E-state index is 0.610. The van der Waals surface area contributed by atoms with Gasteiger partial charge in [0.05, 0.1) is 6.54 Å². The lowest BCUT2D eigenvalue weighted by atomic mass is 9.82. The molecule has 38 heavy (non-hydrogen) atoms. The Morgan fingerprint density at radius 2 is 1.55 bits per heavy atom. The number of likely N-dealkylation sites (N-methyl/N-ethyl adjacent to an activating group) is 2. The van der Waals surface area contributed by atoms with E-state index in [0.29, 0.717) is 12.4 Å². The maximum Gasteiger partial charge on any atom is 0.114 e. The van der Waals surface area contributed by atoms with Crippen molar-refractivity contribution < 1.29 is 0 Å². The van der Waals surface area contributed by atoms with Crippen LogP contribution in [0, 0.1) is 24.2 Å². The number of fused-ring (bicyclic) bond motifs is 2. The second-order valence-electron chi connectivity index (χ2n) is 10.7. The number of terminal acetylenes is 1. The molecule has 204 valence electrons. The minimum absolute atomic E-state index is 0.610. The van der Waals surface area contributed by atoms with E-state index in [1.807, 2.05) is 37.2 Å². The van der Waals surface area contributed by atoms with Crippen molar-refractivity contribution in [2.75, 3.05) is 25.5 Å². The number of rotatable bonds is 2. The molecule has 3 aromatic rings. The summed E-state index contributed by atoms with van der Waals surface area (Å²) in [5, 5.41) is 11.5. The first kappa shape index (κ1) is 31.4. The fraction of sp³-hybridized carbons (Fsp3) is 0.441. The zero-order valence-electron chi connectivity index (χ0n) is 24.0. The first-order chi connectivity index (χ1) is 18.3. The number of amidine groups is 1. The Labute approximate surface area is 236 Å². The lowest BCUT2D eigenvalue weighted by Crippen LogP contribution is -2.32. The maximum absolute atomic E-state index is 7.90. The highest BCUT2D eigenvalue weighted by molar-refractivity contribution is 6.30. The molecule has 0 atom stereocenters. The molecule has 1 N–H and O–H groups in total. The smallest absolute Gasteiger partial charge is 0.114 e. The molecule has 0 unspecified atom stereocenters. The van der Waals surface area contributed by atoms with Crippen LogP contribution in [0.15, 0.2) is 60.7 Å². The quantitative estimate of drug-likeness (QED) is 0.334. The molecule has 0 bridgehead atoms. The van der Waals surface area contributed by atoms with E-state index < -0.39 is 0 Å². The summed E-state index contributed by atoms with van der Waals surface area (Å²) in [5.41, 5.74) is 3.83. The second-order valence-corrected chi connectivity index (χ2v) is 11.1. The number of nitrogens with one attached hydrogen (secondary N) is 1. The molecule has 1 fully saturated rings. The van der Waals surface area contributed by atoms with Gasteiger partial charge in [-0.1, -0.05) is 101 Å². The normalized spacial score (nSPS) is 15.7. The van der Waals surface area contributed by atoms with Crippen LogP contribution in [0.25, 0.3) is 10.8 Å². The Kier molecular flexibility index (Phi) is 13.4. The number of nitrogens with zero attached hydrogens (tertiary/aromatic N) is 2. The van der Waals surface area contributed by atoms with Gasteiger partial charge >= 0.3 is 0 Å². The summed E-state index contributed by atoms with van der Waals surface area (Å²) in [5.74, 6) is 2.30. The van der Waals surface area contributed by atoms with Crippen LogP contribution in [-0.4, -0.2) is 31.4 Å². The molecule has 2 aliphatic rings. The Bertz CT molecular complexity index is 1160. The molecule has 0 radical (unpaired) electrons. The van der Waals surface area contributed by atoms with Crippen LogP contribution >= 0.6 is 11.6 Å². The average Bonchev–Trinajstić information content (AvgIpc) is 3.04. The Hall–Kier alpha value is -2.80. The molecule has 1 aliphatic heterocycles. The van der Waals surface area contributed by atoms with Crippen molar-refractivity contribution in [3.63, 3.8) is 0 Å². The summed E-state index contributed by atoms with van der Waals surface area (Å²) in [7, 11) is 3.94. The summed E-state index contributed by atoms with van der Waals surface area (Å²) in [6, 6.07) is 21.4. The van der Waals surface area contributed by atoms with Crippen molar-refractivity contribution in [2.24, 2.45) is 5.92 Å². The molecular formula is C34H46ClN3. The molecule has 5 rings (SSSR count). The van der Waals surface area contributed by atoms with Gasteiger partial charge in [0.1, 0.15) is 5.84 Å². The minimum Gasteiger partial charge on any atom is -0.332 e. The van der Waals surface area contributed by atoms with Crippen LogP contribution in [0.4, 0.5) is 5.69 Å². The van der Waals surface area contributed by atoms with Crippen molar-refractivity contribution in [1.82, 2.24) is 4.90 Å². The van der Waals surface area contributed by atoms with Gasteiger partial charge in [-0.25, -0.2) is 0 Å². The van der Waals surface area contributed by atoms with Gasteiger partial charge in [-0.3, -0.25) is 10.3 Å². The standard InChI is InChI=1S/C16H18.C11H14ClN3.C5H12.C2H2/c1-2-7-13(8-3-1)16-12-6-10-14-9-4-5-11-15(14)16;1-14-6-8-5-9(12)3-4-10(8)15(2)11(13)7-14;1-4-5(2)3;1-2/h4-6,9-13H,1-3,7-8H2;3-5,13H,6-7H2,1-2H3;5H,4H2,1-3H3;1-2H. The molecule has 4 heteroatoms. The first-order valence-corrected chi connectivity index (χ1v) is 14.3. The molecule has 0 spiro atoms. The number of anilines is 1. The van der Waals surface area contributed by atoms with Gasteiger partial charge in [-0.15, -0.1) is 12.8 Å². The van der Waals surface area contributed by atoms with Crippen LogP contribution in [0.5, 0.6) is 0 Å². The zero-order chi connectivity index (χ0) is 28.1. The van der Waals surface area contributed by atoms with Crippen molar-refractivity contribution in [3.05, 3.63) is 76.8 Å². The second kappa shape index (κ2) is 16.2. The van der Waals surface area contributed by atoms with E-state index in [4.69, 9.17) is 17.0 Å². The van der Waals surface area contributed by atoms with Crippen LogP contribution in [-0.2, 0) is 6.54 Å². The molecule has 0 saturated heterocycles. The highest BCUT2D eigenvalue weighted by Crippen LogP contribution is 2.36. The van der Waals surface area contributed by atoms with Crippen LogP contribution < -0.4 is 4.90 Å². The molecule has 1 heterocycles. The lowest BCUT2D eigenvalue weighted by molar-refractivity contribution is 0.376. The third-order valence-electron chi connectivity index (χ3n) is 7.35. The molecule has 0 aromatic heterocycles. The van der Waals surface area contributed by atoms with Gasteiger partial charge < -0.3 is 4.90 Å². The molecule has 0 amide bonds. The topological polar surface area (TPSA) is 30.3 Å². The van der Waals surface area contributed by atoms with Crippen LogP contribution in [0.1, 0.15) is 76.3 Å². The number of hydrogen-bond acceptors (Lipinski definition) is 2.